The third kappa shape index (κ3) is 9.78. The predicted molar refractivity (Wildman–Crippen MR) is 143 cm³/mol. The van der Waals surface area contributed by atoms with Crippen molar-refractivity contribution in [2.45, 2.75) is 85.9 Å². The second-order valence-electron chi connectivity index (χ2n) is 11.3. The van der Waals surface area contributed by atoms with Crippen molar-refractivity contribution in [2.75, 3.05) is 13.2 Å². The zero-order valence-corrected chi connectivity index (χ0v) is 26.7. The molecular weight excluding hydrogens is 820 g/mol. The molecule has 0 fully saturated rings. The van der Waals surface area contributed by atoms with E-state index in [1.807, 2.05) is 0 Å². The van der Waals surface area contributed by atoms with Gasteiger partial charge in [-0.25, -0.2) is 9.59 Å². The number of benzene rings is 2. The summed E-state index contributed by atoms with van der Waals surface area (Å²) in [5.41, 5.74) is -0.760. The second-order valence-corrected chi connectivity index (χ2v) is 11.3. The van der Waals surface area contributed by atoms with Crippen LogP contribution in [0.2, 0.25) is 0 Å². The molecule has 0 heterocycles. The van der Waals surface area contributed by atoms with Crippen molar-refractivity contribution in [3.05, 3.63) is 59.7 Å². The highest BCUT2D eigenvalue weighted by Gasteiger charge is 2.90. The van der Waals surface area contributed by atoms with Crippen molar-refractivity contribution in [1.82, 2.24) is 0 Å². The Balaban J connectivity index is 1.83. The van der Waals surface area contributed by atoms with Gasteiger partial charge in [0.2, 0.25) is 0 Å². The van der Waals surface area contributed by atoms with Gasteiger partial charge in [0, 0.05) is 6.42 Å². The van der Waals surface area contributed by atoms with Gasteiger partial charge in [0.25, 0.3) is 0 Å². The molecule has 0 atom stereocenters. The summed E-state index contributed by atoms with van der Waals surface area (Å²) in [4.78, 5) is 24.2. The lowest BCUT2D eigenvalue weighted by Crippen LogP contribution is -2.70. The molecule has 0 saturated carbocycles. The number of halogens is 20. The number of hydrogen-bond acceptors (Lipinski definition) is 5. The van der Waals surface area contributed by atoms with E-state index in [0.717, 1.165) is 36.4 Å². The van der Waals surface area contributed by atoms with Gasteiger partial charge in [0.1, 0.15) is 11.5 Å². The minimum Gasteiger partial charge on any atom is -0.494 e. The summed E-state index contributed by atoms with van der Waals surface area (Å²) in [6.07, 6.45) is -18.3. The number of unbranched alkanes of at least 4 members (excludes halogenated alkanes) is 3. The first-order valence-corrected chi connectivity index (χ1v) is 14.7. The van der Waals surface area contributed by atoms with Gasteiger partial charge in [-0.05, 0) is 61.4 Å². The van der Waals surface area contributed by atoms with E-state index < -0.39 is 97.2 Å². The Morgan fingerprint density at radius 3 is 1.33 bits per heavy atom. The lowest BCUT2D eigenvalue weighted by molar-refractivity contribution is -0.440. The molecule has 2 aromatic carbocycles. The van der Waals surface area contributed by atoms with E-state index in [1.54, 1.807) is 0 Å². The maximum atomic E-state index is 13.9. The van der Waals surface area contributed by atoms with Gasteiger partial charge >= 0.3 is 65.7 Å². The SMILES string of the molecule is O=C(OCC(F)(F)C(F)(F)C(F)(F)F)c1ccc(OC(=O)c2ccc(OCCCCCCC(F)(F)C(F)(F)C(F)(F)C(F)(F)C(F)(F)C(F)(F)F)cc2)cc1. The monoisotopic (exact) mass is 842 g/mol. The van der Waals surface area contributed by atoms with Crippen LogP contribution in [0.15, 0.2) is 48.5 Å². The van der Waals surface area contributed by atoms with Gasteiger partial charge in [-0.15, -0.1) is 0 Å². The molecule has 2 rings (SSSR count). The van der Waals surface area contributed by atoms with Crippen LogP contribution < -0.4 is 9.47 Å². The van der Waals surface area contributed by atoms with Crippen LogP contribution in [0, 0.1) is 0 Å². The standard InChI is InChI=1S/C30H22F20O5/c31-22(32,24(35,36)26(39,40)27(41,42)28(43,44)30(48,49)50)13-3-1-2-4-14-53-18-9-5-17(6-10-18)21(52)55-19-11-7-16(8-12-19)20(51)54-15-23(33,34)25(37,38)29(45,46)47/h5-12H,1-4,13-15H2. The fraction of sp³-hybridized carbons (Fsp3) is 0.533. The molecule has 2 aromatic rings. The summed E-state index contributed by atoms with van der Waals surface area (Å²) in [6.45, 7) is -2.86. The molecule has 25 heteroatoms. The van der Waals surface area contributed by atoms with Crippen LogP contribution in [-0.2, 0) is 4.74 Å². The van der Waals surface area contributed by atoms with E-state index in [2.05, 4.69) is 4.74 Å². The highest BCUT2D eigenvalue weighted by atomic mass is 19.4. The quantitative estimate of drug-likeness (QED) is 0.0648. The number of esters is 2. The summed E-state index contributed by atoms with van der Waals surface area (Å²) < 4.78 is 274. The molecule has 5 nitrogen and oxygen atoms in total. The van der Waals surface area contributed by atoms with Gasteiger partial charge in [-0.2, -0.15) is 87.8 Å². The Kier molecular flexibility index (Phi) is 13.7. The van der Waals surface area contributed by atoms with Gasteiger partial charge in [-0.1, -0.05) is 12.8 Å². The number of ether oxygens (including phenoxy) is 3. The summed E-state index contributed by atoms with van der Waals surface area (Å²) in [6, 6.07) is 8.01. The van der Waals surface area contributed by atoms with Crippen molar-refractivity contribution >= 4 is 11.9 Å². The molecule has 0 bridgehead atoms. The van der Waals surface area contributed by atoms with Crippen molar-refractivity contribution < 1.29 is 112 Å². The molecule has 0 spiro atoms. The third-order valence-electron chi connectivity index (χ3n) is 7.24. The summed E-state index contributed by atoms with van der Waals surface area (Å²) in [5.74, 6) is -52.4. The Labute approximate surface area is 294 Å². The van der Waals surface area contributed by atoms with Crippen molar-refractivity contribution in [2.24, 2.45) is 0 Å². The van der Waals surface area contributed by atoms with E-state index >= 15 is 0 Å². The maximum absolute atomic E-state index is 13.9. The first-order chi connectivity index (χ1) is 24.7. The molecule has 0 aliphatic carbocycles. The highest BCUT2D eigenvalue weighted by Crippen LogP contribution is 2.61. The Hall–Kier alpha value is -4.22. The normalized spacial score (nSPS) is 14.1. The van der Waals surface area contributed by atoms with Crippen LogP contribution in [0.3, 0.4) is 0 Å². The molecule has 0 amide bonds. The molecule has 312 valence electrons. The van der Waals surface area contributed by atoms with Crippen molar-refractivity contribution in [3.8, 4) is 11.5 Å². The Morgan fingerprint density at radius 1 is 0.436 bits per heavy atom. The Morgan fingerprint density at radius 2 is 0.855 bits per heavy atom. The number of rotatable bonds is 18. The van der Waals surface area contributed by atoms with Crippen LogP contribution in [-0.4, -0.2) is 79.0 Å². The first kappa shape index (κ1) is 46.9. The topological polar surface area (TPSA) is 61.8 Å². The highest BCUT2D eigenvalue weighted by molar-refractivity contribution is 5.92. The van der Waals surface area contributed by atoms with Crippen LogP contribution >= 0.6 is 0 Å². The molecule has 55 heavy (non-hydrogen) atoms. The fourth-order valence-corrected chi connectivity index (χ4v) is 4.00. The minimum absolute atomic E-state index is 0.0518. The molecular formula is C30H22F20O5. The number of hydrogen-bond donors (Lipinski definition) is 0. The molecule has 0 radical (unpaired) electrons. The summed E-state index contributed by atoms with van der Waals surface area (Å²) >= 11 is 0. The average Bonchev–Trinajstić information content (AvgIpc) is 3.05. The van der Waals surface area contributed by atoms with Crippen LogP contribution in [0.1, 0.15) is 52.8 Å². The van der Waals surface area contributed by atoms with E-state index in [4.69, 9.17) is 9.47 Å². The molecule has 0 saturated heterocycles. The lowest BCUT2D eigenvalue weighted by atomic mass is 9.91. The molecule has 0 aliphatic heterocycles. The predicted octanol–water partition coefficient (Wildman–Crippen LogP) is 11.0. The number of carbonyl (C=O) groups excluding carboxylic acids is 2. The second kappa shape index (κ2) is 16.1. The third-order valence-corrected chi connectivity index (χ3v) is 7.24. The molecule has 0 aromatic heterocycles. The summed E-state index contributed by atoms with van der Waals surface area (Å²) in [7, 11) is 0. The van der Waals surface area contributed by atoms with Crippen LogP contribution in [0.5, 0.6) is 11.5 Å². The lowest BCUT2D eigenvalue weighted by Gasteiger charge is -2.39. The van der Waals surface area contributed by atoms with Crippen molar-refractivity contribution in [3.63, 3.8) is 0 Å². The van der Waals surface area contributed by atoms with Gasteiger partial charge in [-0.3, -0.25) is 0 Å². The minimum atomic E-state index is -7.97. The van der Waals surface area contributed by atoms with Gasteiger partial charge < -0.3 is 14.2 Å². The zero-order valence-electron chi connectivity index (χ0n) is 26.7. The van der Waals surface area contributed by atoms with Gasteiger partial charge in [0.05, 0.1) is 17.7 Å². The zero-order chi connectivity index (χ0) is 42.7. The largest absolute Gasteiger partial charge is 0.494 e. The fourth-order valence-electron chi connectivity index (χ4n) is 4.00. The van der Waals surface area contributed by atoms with E-state index in [-0.39, 0.29) is 36.5 Å². The van der Waals surface area contributed by atoms with E-state index in [1.165, 1.54) is 12.1 Å². The average molecular weight is 842 g/mol. The van der Waals surface area contributed by atoms with Crippen LogP contribution in [0.4, 0.5) is 87.8 Å². The van der Waals surface area contributed by atoms with E-state index in [0.29, 0.717) is 0 Å². The van der Waals surface area contributed by atoms with E-state index in [9.17, 15) is 97.4 Å². The Bertz CT molecular complexity index is 1600. The van der Waals surface area contributed by atoms with Crippen LogP contribution in [0.25, 0.3) is 0 Å². The summed E-state index contributed by atoms with van der Waals surface area (Å²) in [5, 5.41) is 0. The maximum Gasteiger partial charge on any atom is 0.460 e. The molecule has 0 aliphatic rings. The van der Waals surface area contributed by atoms with Gasteiger partial charge in [0.15, 0.2) is 6.61 Å². The first-order valence-electron chi connectivity index (χ1n) is 14.7. The number of alkyl halides is 20. The smallest absolute Gasteiger partial charge is 0.460 e. The molecule has 0 N–H and O–H groups in total. The molecule has 0 unspecified atom stereocenters. The van der Waals surface area contributed by atoms with Crippen molar-refractivity contribution in [1.29, 1.82) is 0 Å². The number of carbonyl (C=O) groups is 2.